The number of rotatable bonds is 0. The first-order valence-corrected chi connectivity index (χ1v) is 4.21. The van der Waals surface area contributed by atoms with Crippen LogP contribution in [0.3, 0.4) is 0 Å². The molecule has 0 spiro atoms. The summed E-state index contributed by atoms with van der Waals surface area (Å²) >= 11 is 0. The van der Waals surface area contributed by atoms with Crippen molar-refractivity contribution in [1.82, 2.24) is 0 Å². The predicted molar refractivity (Wildman–Crippen MR) is 50.9 cm³/mol. The normalized spacial score (nSPS) is 15.6. The van der Waals surface area contributed by atoms with E-state index in [0.717, 1.165) is 13.1 Å². The van der Waals surface area contributed by atoms with Crippen LogP contribution >= 0.6 is 0 Å². The van der Waals surface area contributed by atoms with Gasteiger partial charge in [0.15, 0.2) is 12.8 Å². The maximum atomic E-state index is 3.36. The Morgan fingerprint density at radius 2 is 2.17 bits per heavy atom. The lowest BCUT2D eigenvalue weighted by Crippen LogP contribution is -2.07. The number of benzene rings is 1. The van der Waals surface area contributed by atoms with Gasteiger partial charge in [-0.1, -0.05) is 18.2 Å². The average Bonchev–Trinajstić information content (AvgIpc) is 2.25. The molecule has 0 saturated heterocycles. The molecule has 0 fully saturated rings. The van der Waals surface area contributed by atoms with E-state index in [4.69, 9.17) is 0 Å². The van der Waals surface area contributed by atoms with Crippen molar-refractivity contribution >= 4 is 11.9 Å². The molecule has 62 valence electrons. The Morgan fingerprint density at radius 1 is 1.33 bits per heavy atom. The van der Waals surface area contributed by atoms with Crippen LogP contribution in [-0.4, -0.2) is 24.4 Å². The quantitative estimate of drug-likeness (QED) is 0.567. The van der Waals surface area contributed by atoms with Crippen LogP contribution in [0.5, 0.6) is 0 Å². The van der Waals surface area contributed by atoms with Gasteiger partial charge in [0.1, 0.15) is 7.05 Å². The van der Waals surface area contributed by atoms with Crippen LogP contribution in [0.25, 0.3) is 0 Å². The lowest BCUT2D eigenvalue weighted by Gasteiger charge is -2.03. The van der Waals surface area contributed by atoms with Gasteiger partial charge in [-0.05, 0) is 6.07 Å². The molecule has 0 amide bonds. The molecule has 2 rings (SSSR count). The molecule has 0 bridgehead atoms. The van der Waals surface area contributed by atoms with E-state index in [2.05, 4.69) is 47.4 Å². The van der Waals surface area contributed by atoms with Gasteiger partial charge in [-0.15, -0.1) is 0 Å². The highest BCUT2D eigenvalue weighted by atomic mass is 15.0. The van der Waals surface area contributed by atoms with Crippen LogP contribution in [0, 0.1) is 0 Å². The summed E-state index contributed by atoms with van der Waals surface area (Å²) in [7, 11) is 2.10. The first-order valence-electron chi connectivity index (χ1n) is 4.21. The standard InChI is InChI=1S/C10H13N2/c1-12-7-6-11-10-5-3-2-4-9(10)8-12/h2-5,7,11H,6,8H2,1H3/q+1. The molecule has 0 radical (unpaired) electrons. The lowest BCUT2D eigenvalue weighted by molar-refractivity contribution is -0.509. The molecule has 1 N–H and O–H groups in total. The number of nitrogens with zero attached hydrogens (tertiary/aromatic N) is 1. The Bertz CT molecular complexity index is 315. The highest BCUT2D eigenvalue weighted by Gasteiger charge is 2.08. The maximum absolute atomic E-state index is 3.36. The third kappa shape index (κ3) is 1.33. The zero-order chi connectivity index (χ0) is 8.39. The monoisotopic (exact) mass is 161 g/mol. The van der Waals surface area contributed by atoms with Crippen molar-refractivity contribution in [2.24, 2.45) is 0 Å². The van der Waals surface area contributed by atoms with E-state index in [1.807, 2.05) is 0 Å². The van der Waals surface area contributed by atoms with Crippen LogP contribution < -0.4 is 5.32 Å². The van der Waals surface area contributed by atoms with E-state index in [1.165, 1.54) is 11.3 Å². The topological polar surface area (TPSA) is 15.0 Å². The number of hydrogen-bond acceptors (Lipinski definition) is 1. The largest absolute Gasteiger partial charge is 0.375 e. The number of nitrogens with one attached hydrogen (secondary N) is 1. The molecular weight excluding hydrogens is 148 g/mol. The maximum Gasteiger partial charge on any atom is 0.169 e. The Labute approximate surface area is 72.5 Å². The van der Waals surface area contributed by atoms with Crippen molar-refractivity contribution in [2.75, 3.05) is 18.9 Å². The summed E-state index contributed by atoms with van der Waals surface area (Å²) in [6.07, 6.45) is 2.17. The third-order valence-electron chi connectivity index (χ3n) is 2.13. The predicted octanol–water partition coefficient (Wildman–Crippen LogP) is 1.33. The molecule has 1 aromatic rings. The van der Waals surface area contributed by atoms with Gasteiger partial charge in [0.25, 0.3) is 0 Å². The van der Waals surface area contributed by atoms with Crippen molar-refractivity contribution in [3.63, 3.8) is 0 Å². The minimum Gasteiger partial charge on any atom is -0.375 e. The van der Waals surface area contributed by atoms with E-state index < -0.39 is 0 Å². The van der Waals surface area contributed by atoms with Gasteiger partial charge in [-0.3, -0.25) is 0 Å². The second-order valence-electron chi connectivity index (χ2n) is 3.14. The highest BCUT2D eigenvalue weighted by Crippen LogP contribution is 2.16. The van der Waals surface area contributed by atoms with Gasteiger partial charge in [0, 0.05) is 11.3 Å². The van der Waals surface area contributed by atoms with E-state index in [1.54, 1.807) is 0 Å². The molecule has 2 heteroatoms. The highest BCUT2D eigenvalue weighted by molar-refractivity contribution is 5.63. The Morgan fingerprint density at radius 3 is 3.08 bits per heavy atom. The number of hydrogen-bond donors (Lipinski definition) is 1. The summed E-state index contributed by atoms with van der Waals surface area (Å²) in [5, 5.41) is 3.36. The van der Waals surface area contributed by atoms with Crippen LogP contribution in [-0.2, 0) is 6.54 Å². The third-order valence-corrected chi connectivity index (χ3v) is 2.13. The molecular formula is C10H13N2+. The lowest BCUT2D eigenvalue weighted by atomic mass is 10.2. The van der Waals surface area contributed by atoms with E-state index in [9.17, 15) is 0 Å². The summed E-state index contributed by atoms with van der Waals surface area (Å²) in [6, 6.07) is 8.44. The zero-order valence-electron chi connectivity index (χ0n) is 7.25. The minimum absolute atomic E-state index is 0.924. The SMILES string of the molecule is C[N+]1=CCNc2ccccc2C1. The average molecular weight is 161 g/mol. The first kappa shape index (κ1) is 7.35. The van der Waals surface area contributed by atoms with Gasteiger partial charge in [0.2, 0.25) is 0 Å². The smallest absolute Gasteiger partial charge is 0.169 e. The fraction of sp³-hybridized carbons (Fsp3) is 0.300. The molecule has 0 saturated carbocycles. The summed E-state index contributed by atoms with van der Waals surface area (Å²) < 4.78 is 2.21. The van der Waals surface area contributed by atoms with E-state index in [-0.39, 0.29) is 0 Å². The molecule has 12 heavy (non-hydrogen) atoms. The van der Waals surface area contributed by atoms with Crippen LogP contribution in [0.15, 0.2) is 24.3 Å². The number of anilines is 1. The molecule has 0 atom stereocenters. The second-order valence-corrected chi connectivity index (χ2v) is 3.14. The Kier molecular flexibility index (Phi) is 1.82. The fourth-order valence-corrected chi connectivity index (χ4v) is 1.48. The van der Waals surface area contributed by atoms with E-state index >= 15 is 0 Å². The van der Waals surface area contributed by atoms with Gasteiger partial charge in [-0.2, -0.15) is 0 Å². The van der Waals surface area contributed by atoms with Crippen LogP contribution in [0.2, 0.25) is 0 Å². The van der Waals surface area contributed by atoms with Gasteiger partial charge in [-0.25, -0.2) is 4.58 Å². The van der Waals surface area contributed by atoms with Gasteiger partial charge >= 0.3 is 0 Å². The van der Waals surface area contributed by atoms with Crippen molar-refractivity contribution in [3.05, 3.63) is 29.8 Å². The molecule has 2 nitrogen and oxygen atoms in total. The van der Waals surface area contributed by atoms with Crippen LogP contribution in [0.4, 0.5) is 5.69 Å². The first-order chi connectivity index (χ1) is 5.86. The molecule has 0 unspecified atom stereocenters. The second kappa shape index (κ2) is 2.97. The summed E-state index contributed by atoms with van der Waals surface area (Å²) in [6.45, 7) is 1.93. The van der Waals surface area contributed by atoms with Gasteiger partial charge in [0.05, 0.1) is 6.54 Å². The van der Waals surface area contributed by atoms with Crippen LogP contribution in [0.1, 0.15) is 5.56 Å². The van der Waals surface area contributed by atoms with Crippen molar-refractivity contribution in [1.29, 1.82) is 0 Å². The summed E-state index contributed by atoms with van der Waals surface area (Å²) in [5.41, 5.74) is 2.63. The Balaban J connectivity index is 2.38. The Hall–Kier alpha value is -1.31. The number of para-hydroxylation sites is 1. The van der Waals surface area contributed by atoms with Crippen molar-refractivity contribution in [3.8, 4) is 0 Å². The molecule has 1 heterocycles. The summed E-state index contributed by atoms with van der Waals surface area (Å²) in [5.74, 6) is 0. The van der Waals surface area contributed by atoms with Crippen molar-refractivity contribution < 1.29 is 4.58 Å². The van der Waals surface area contributed by atoms with Crippen molar-refractivity contribution in [2.45, 2.75) is 6.54 Å². The fourth-order valence-electron chi connectivity index (χ4n) is 1.48. The van der Waals surface area contributed by atoms with E-state index in [0.29, 0.717) is 0 Å². The van der Waals surface area contributed by atoms with Gasteiger partial charge < -0.3 is 5.32 Å². The number of fused-ring (bicyclic) bond motifs is 1. The molecule has 1 aliphatic heterocycles. The molecule has 0 aromatic heterocycles. The molecule has 0 aliphatic carbocycles. The molecule has 1 aromatic carbocycles. The molecule has 1 aliphatic rings. The summed E-state index contributed by atoms with van der Waals surface area (Å²) in [4.78, 5) is 0. The minimum atomic E-state index is 0.924. The zero-order valence-corrected chi connectivity index (χ0v) is 7.25.